The summed E-state index contributed by atoms with van der Waals surface area (Å²) in [5.74, 6) is -0.380. The lowest BCUT2D eigenvalue weighted by Gasteiger charge is -2.48. The molecule has 1 N–H and O–H groups in total. The van der Waals surface area contributed by atoms with Gasteiger partial charge in [-0.2, -0.15) is 4.98 Å². The molecule has 7 heteroatoms. The highest BCUT2D eigenvalue weighted by Crippen LogP contribution is 2.53. The number of carbonyl (C=O) groups is 1. The quantitative estimate of drug-likeness (QED) is 0.645. The first-order chi connectivity index (χ1) is 13.8. The molecule has 1 fully saturated rings. The van der Waals surface area contributed by atoms with Gasteiger partial charge in [-0.3, -0.25) is 9.78 Å². The first-order valence-corrected chi connectivity index (χ1v) is 10.6. The number of hydrogen-bond donors (Lipinski definition) is 1. The molecule has 0 radical (unpaired) electrons. The molecule has 1 atom stereocenters. The van der Waals surface area contributed by atoms with Crippen LogP contribution >= 0.6 is 0 Å². The van der Waals surface area contributed by atoms with Gasteiger partial charge in [-0.25, -0.2) is 4.98 Å². The fourth-order valence-electron chi connectivity index (χ4n) is 4.74. The molecular formula is C22H32N4O3. The van der Waals surface area contributed by atoms with Crippen molar-refractivity contribution in [3.63, 3.8) is 0 Å². The number of carboxylic acid groups (broad SMARTS) is 1. The maximum atomic E-state index is 11.4. The second-order valence-corrected chi connectivity index (χ2v) is 9.33. The molecule has 29 heavy (non-hydrogen) atoms. The van der Waals surface area contributed by atoms with Crippen LogP contribution in [0.4, 0.5) is 0 Å². The summed E-state index contributed by atoms with van der Waals surface area (Å²) < 4.78 is 5.33. The minimum absolute atomic E-state index is 0.00194. The molecule has 0 bridgehead atoms. The van der Waals surface area contributed by atoms with Crippen molar-refractivity contribution in [1.82, 2.24) is 20.1 Å². The zero-order valence-electron chi connectivity index (χ0n) is 17.7. The van der Waals surface area contributed by atoms with Gasteiger partial charge in [0, 0.05) is 18.3 Å². The fraction of sp³-hybridized carbons (Fsp3) is 0.682. The lowest BCUT2D eigenvalue weighted by molar-refractivity contribution is -0.137. The summed E-state index contributed by atoms with van der Waals surface area (Å²) >= 11 is 0. The van der Waals surface area contributed by atoms with Crippen molar-refractivity contribution in [3.8, 4) is 11.6 Å². The third-order valence-electron chi connectivity index (χ3n) is 6.62. The number of carboxylic acids is 1. The zero-order chi connectivity index (χ0) is 20.9. The van der Waals surface area contributed by atoms with E-state index in [2.05, 4.69) is 40.9 Å². The Bertz CT molecular complexity index is 792. The van der Waals surface area contributed by atoms with Crippen molar-refractivity contribution in [3.05, 3.63) is 24.4 Å². The van der Waals surface area contributed by atoms with Crippen LogP contribution in [0.3, 0.4) is 0 Å². The Labute approximate surface area is 172 Å². The molecule has 1 saturated carbocycles. The Morgan fingerprint density at radius 2 is 2.00 bits per heavy atom. The van der Waals surface area contributed by atoms with Gasteiger partial charge in [0.1, 0.15) is 5.69 Å². The Balaban J connectivity index is 1.70. The van der Waals surface area contributed by atoms with Gasteiger partial charge in [-0.05, 0) is 36.5 Å². The topological polar surface area (TPSA) is 102 Å². The van der Waals surface area contributed by atoms with E-state index in [4.69, 9.17) is 4.52 Å². The molecule has 0 unspecified atom stereocenters. The van der Waals surface area contributed by atoms with Crippen molar-refractivity contribution < 1.29 is 14.4 Å². The number of hydrogen-bond acceptors (Lipinski definition) is 6. The van der Waals surface area contributed by atoms with Gasteiger partial charge in [0.05, 0.1) is 12.6 Å². The van der Waals surface area contributed by atoms with Crippen LogP contribution in [-0.2, 0) is 4.79 Å². The lowest BCUT2D eigenvalue weighted by Crippen LogP contribution is -2.37. The predicted octanol–water partition coefficient (Wildman–Crippen LogP) is 5.25. The molecule has 0 aromatic carbocycles. The summed E-state index contributed by atoms with van der Waals surface area (Å²) in [5, 5.41) is 13.4. The zero-order valence-corrected chi connectivity index (χ0v) is 17.7. The SMILES string of the molecule is CC(C)(C)C1(CCC[C@H](CC(=O)O)c2noc(-c3cnccn3)n2)CCCCC1. The van der Waals surface area contributed by atoms with Gasteiger partial charge >= 0.3 is 5.97 Å². The molecule has 1 aliphatic rings. The van der Waals surface area contributed by atoms with E-state index in [9.17, 15) is 9.90 Å². The highest BCUT2D eigenvalue weighted by atomic mass is 16.5. The van der Waals surface area contributed by atoms with E-state index in [0.717, 1.165) is 19.3 Å². The second-order valence-electron chi connectivity index (χ2n) is 9.33. The van der Waals surface area contributed by atoms with E-state index in [-0.39, 0.29) is 23.6 Å². The van der Waals surface area contributed by atoms with Crippen LogP contribution in [0.1, 0.15) is 90.3 Å². The summed E-state index contributed by atoms with van der Waals surface area (Å²) in [7, 11) is 0. The fourth-order valence-corrected chi connectivity index (χ4v) is 4.74. The van der Waals surface area contributed by atoms with Crippen molar-refractivity contribution in [2.75, 3.05) is 0 Å². The predicted molar refractivity (Wildman–Crippen MR) is 109 cm³/mol. The normalized spacial score (nSPS) is 17.8. The average molecular weight is 401 g/mol. The summed E-state index contributed by atoms with van der Waals surface area (Å²) in [5.41, 5.74) is 1.08. The van der Waals surface area contributed by atoms with Crippen molar-refractivity contribution >= 4 is 5.97 Å². The minimum Gasteiger partial charge on any atom is -0.481 e. The highest BCUT2D eigenvalue weighted by Gasteiger charge is 2.41. The summed E-state index contributed by atoms with van der Waals surface area (Å²) in [4.78, 5) is 24.0. The molecule has 0 saturated heterocycles. The Kier molecular flexibility index (Phi) is 6.65. The molecule has 1 aliphatic carbocycles. The Morgan fingerprint density at radius 1 is 1.24 bits per heavy atom. The van der Waals surface area contributed by atoms with Crippen molar-refractivity contribution in [1.29, 1.82) is 0 Å². The van der Waals surface area contributed by atoms with E-state index in [1.165, 1.54) is 32.1 Å². The lowest BCUT2D eigenvalue weighted by atomic mass is 9.57. The van der Waals surface area contributed by atoms with E-state index in [1.54, 1.807) is 18.6 Å². The maximum absolute atomic E-state index is 11.4. The summed E-state index contributed by atoms with van der Waals surface area (Å²) in [6.07, 6.45) is 13.9. The first-order valence-electron chi connectivity index (χ1n) is 10.6. The smallest absolute Gasteiger partial charge is 0.304 e. The first kappa shape index (κ1) is 21.4. The second kappa shape index (κ2) is 9.01. The maximum Gasteiger partial charge on any atom is 0.304 e. The standard InChI is InChI=1S/C22H32N4O3/c1-21(2,3)22(9-5-4-6-10-22)11-7-8-16(14-18(27)28)19-25-20(29-26-19)17-15-23-12-13-24-17/h12-13,15-16H,4-11,14H2,1-3H3,(H,27,28)/t16-/m1/s1. The molecule has 3 rings (SSSR count). The van der Waals surface area contributed by atoms with Crippen LogP contribution in [0, 0.1) is 10.8 Å². The third-order valence-corrected chi connectivity index (χ3v) is 6.62. The molecule has 0 aliphatic heterocycles. The molecule has 158 valence electrons. The molecule has 0 amide bonds. The summed E-state index contributed by atoms with van der Waals surface area (Å²) in [6, 6.07) is 0. The van der Waals surface area contributed by atoms with Crippen molar-refractivity contribution in [2.24, 2.45) is 10.8 Å². The van der Waals surface area contributed by atoms with Gasteiger partial charge < -0.3 is 9.63 Å². The molecule has 2 aromatic rings. The molecule has 0 spiro atoms. The highest BCUT2D eigenvalue weighted by molar-refractivity contribution is 5.67. The minimum atomic E-state index is -0.843. The Hall–Kier alpha value is -2.31. The molecular weight excluding hydrogens is 368 g/mol. The number of rotatable bonds is 8. The molecule has 2 heterocycles. The van der Waals surface area contributed by atoms with E-state index in [1.807, 2.05) is 0 Å². The van der Waals surface area contributed by atoms with Gasteiger partial charge in [0.25, 0.3) is 5.89 Å². The van der Waals surface area contributed by atoms with Gasteiger partial charge in [0.15, 0.2) is 5.82 Å². The van der Waals surface area contributed by atoms with Crippen molar-refractivity contribution in [2.45, 2.75) is 84.5 Å². The van der Waals surface area contributed by atoms with Crippen LogP contribution in [0.25, 0.3) is 11.6 Å². The average Bonchev–Trinajstić information content (AvgIpc) is 3.18. The van der Waals surface area contributed by atoms with E-state index < -0.39 is 5.97 Å². The number of aromatic nitrogens is 4. The van der Waals surface area contributed by atoms with Gasteiger partial charge in [-0.1, -0.05) is 51.6 Å². The number of nitrogens with zero attached hydrogens (tertiary/aromatic N) is 4. The van der Waals surface area contributed by atoms with E-state index >= 15 is 0 Å². The van der Waals surface area contributed by atoms with Crippen LogP contribution in [0.5, 0.6) is 0 Å². The summed E-state index contributed by atoms with van der Waals surface area (Å²) in [6.45, 7) is 7.04. The molecule has 2 aromatic heterocycles. The van der Waals surface area contributed by atoms with E-state index in [0.29, 0.717) is 16.9 Å². The van der Waals surface area contributed by atoms with Crippen LogP contribution in [-0.4, -0.2) is 31.2 Å². The number of aliphatic carboxylic acids is 1. The Morgan fingerprint density at radius 3 is 2.62 bits per heavy atom. The van der Waals surface area contributed by atoms with Crippen LogP contribution < -0.4 is 0 Å². The van der Waals surface area contributed by atoms with Crippen LogP contribution in [0.2, 0.25) is 0 Å². The third kappa shape index (κ3) is 5.19. The molecule has 7 nitrogen and oxygen atoms in total. The monoisotopic (exact) mass is 400 g/mol. The van der Waals surface area contributed by atoms with Gasteiger partial charge in [0.2, 0.25) is 0 Å². The largest absolute Gasteiger partial charge is 0.481 e. The van der Waals surface area contributed by atoms with Crippen LogP contribution in [0.15, 0.2) is 23.1 Å². The van der Waals surface area contributed by atoms with Gasteiger partial charge in [-0.15, -0.1) is 0 Å².